The molecule has 0 radical (unpaired) electrons. The quantitative estimate of drug-likeness (QED) is 0.535. The second-order valence-corrected chi connectivity index (χ2v) is 10.1. The van der Waals surface area contributed by atoms with Crippen LogP contribution in [0.1, 0.15) is 75.6 Å². The summed E-state index contributed by atoms with van der Waals surface area (Å²) in [4.78, 5) is 0. The Labute approximate surface area is 159 Å². The van der Waals surface area contributed by atoms with E-state index in [1.54, 1.807) is 12.1 Å². The van der Waals surface area contributed by atoms with Gasteiger partial charge >= 0.3 is 7.60 Å². The van der Waals surface area contributed by atoms with E-state index in [1.165, 1.54) is 12.8 Å². The summed E-state index contributed by atoms with van der Waals surface area (Å²) in [5.74, 6) is -1.23. The molecule has 0 saturated heterocycles. The molecule has 0 spiro atoms. The Hall–Kier alpha value is -0.190. The van der Waals surface area contributed by atoms with E-state index >= 15 is 0 Å². The maximum Gasteiger partial charge on any atom is 0.363 e. The topological polar surface area (TPSA) is 55.8 Å². The first-order chi connectivity index (χ1) is 12.1. The molecule has 3 rings (SSSR count). The third-order valence-corrected chi connectivity index (χ3v) is 7.77. The summed E-state index contributed by atoms with van der Waals surface area (Å²) in [5.41, 5.74) is 0.582. The minimum atomic E-state index is -3.64. The number of hydrogen-bond acceptors (Lipinski definition) is 4. The van der Waals surface area contributed by atoms with Gasteiger partial charge in [0.15, 0.2) is 5.85 Å². The molecule has 140 valence electrons. The van der Waals surface area contributed by atoms with Crippen LogP contribution in [0, 0.1) is 0 Å². The number of halogens is 1. The Morgan fingerprint density at radius 3 is 1.76 bits per heavy atom. The molecule has 1 atom stereocenters. The Morgan fingerprint density at radius 2 is 1.32 bits per heavy atom. The predicted molar refractivity (Wildman–Crippen MR) is 103 cm³/mol. The van der Waals surface area contributed by atoms with Crippen molar-refractivity contribution in [2.45, 2.75) is 82.3 Å². The van der Waals surface area contributed by atoms with Crippen molar-refractivity contribution in [2.75, 3.05) is 0 Å². The van der Waals surface area contributed by atoms with Crippen LogP contribution in [0.3, 0.4) is 0 Å². The van der Waals surface area contributed by atoms with Crippen molar-refractivity contribution in [3.8, 4) is 0 Å². The number of rotatable bonds is 6. The van der Waals surface area contributed by atoms with Crippen LogP contribution in [0.5, 0.6) is 0 Å². The zero-order chi connectivity index (χ0) is 17.7. The molecular weight excluding hydrogens is 403 g/mol. The van der Waals surface area contributed by atoms with Crippen LogP contribution >= 0.6 is 23.5 Å². The SMILES string of the molecule is O=P(OC1CCCCC1)(OC1CCCCC1)C(O)c1ccc(Br)cc1. The third kappa shape index (κ3) is 5.40. The minimum absolute atomic E-state index is 0.0757. The van der Waals surface area contributed by atoms with Crippen molar-refractivity contribution in [1.82, 2.24) is 0 Å². The zero-order valence-electron chi connectivity index (χ0n) is 14.6. The van der Waals surface area contributed by atoms with Gasteiger partial charge in [0, 0.05) is 4.47 Å². The summed E-state index contributed by atoms with van der Waals surface area (Å²) in [7, 11) is -3.64. The average Bonchev–Trinajstić information content (AvgIpc) is 2.63. The molecule has 0 bridgehead atoms. The lowest BCUT2D eigenvalue weighted by atomic mass is 9.98. The Kier molecular flexibility index (Phi) is 7.16. The lowest BCUT2D eigenvalue weighted by molar-refractivity contribution is 0.0545. The van der Waals surface area contributed by atoms with Gasteiger partial charge in [-0.15, -0.1) is 0 Å². The van der Waals surface area contributed by atoms with Gasteiger partial charge in [-0.25, -0.2) is 0 Å². The van der Waals surface area contributed by atoms with E-state index in [-0.39, 0.29) is 12.2 Å². The highest BCUT2D eigenvalue weighted by Gasteiger charge is 2.41. The van der Waals surface area contributed by atoms with Crippen LogP contribution in [-0.4, -0.2) is 17.3 Å². The highest BCUT2D eigenvalue weighted by molar-refractivity contribution is 9.10. The van der Waals surface area contributed by atoms with E-state index in [1.807, 2.05) is 12.1 Å². The lowest BCUT2D eigenvalue weighted by Crippen LogP contribution is -2.22. The van der Waals surface area contributed by atoms with E-state index in [2.05, 4.69) is 15.9 Å². The van der Waals surface area contributed by atoms with Gasteiger partial charge in [-0.05, 0) is 43.4 Å². The van der Waals surface area contributed by atoms with Gasteiger partial charge in [0.05, 0.1) is 12.2 Å². The van der Waals surface area contributed by atoms with Crippen molar-refractivity contribution >= 4 is 23.5 Å². The van der Waals surface area contributed by atoms with Gasteiger partial charge in [-0.2, -0.15) is 0 Å². The summed E-state index contributed by atoms with van der Waals surface area (Å²) in [6, 6.07) is 7.22. The van der Waals surface area contributed by atoms with Crippen molar-refractivity contribution in [1.29, 1.82) is 0 Å². The molecule has 1 N–H and O–H groups in total. The van der Waals surface area contributed by atoms with Gasteiger partial charge in [-0.1, -0.05) is 66.6 Å². The molecule has 1 unspecified atom stereocenters. The molecule has 0 amide bonds. The molecule has 2 fully saturated rings. The standard InChI is InChI=1S/C19H28BrO4P/c20-16-13-11-15(12-14-16)19(21)25(22,23-17-7-3-1-4-8-17)24-18-9-5-2-6-10-18/h11-14,17-19,21H,1-10H2. The van der Waals surface area contributed by atoms with Crippen LogP contribution < -0.4 is 0 Å². The summed E-state index contributed by atoms with van der Waals surface area (Å²) in [6.07, 6.45) is 10.2. The van der Waals surface area contributed by atoms with Crippen molar-refractivity contribution < 1.29 is 18.7 Å². The monoisotopic (exact) mass is 430 g/mol. The van der Waals surface area contributed by atoms with Crippen molar-refractivity contribution in [3.05, 3.63) is 34.3 Å². The van der Waals surface area contributed by atoms with E-state index in [0.29, 0.717) is 5.56 Å². The summed E-state index contributed by atoms with van der Waals surface area (Å²) < 4.78 is 26.5. The summed E-state index contributed by atoms with van der Waals surface area (Å²) in [6.45, 7) is 0. The molecule has 0 aliphatic heterocycles. The molecule has 25 heavy (non-hydrogen) atoms. The molecule has 0 heterocycles. The van der Waals surface area contributed by atoms with Crippen LogP contribution in [0.25, 0.3) is 0 Å². The largest absolute Gasteiger partial charge is 0.376 e. The highest BCUT2D eigenvalue weighted by Crippen LogP contribution is 2.62. The highest BCUT2D eigenvalue weighted by atomic mass is 79.9. The fourth-order valence-electron chi connectivity index (χ4n) is 3.71. The van der Waals surface area contributed by atoms with Gasteiger partial charge in [0.1, 0.15) is 0 Å². The van der Waals surface area contributed by atoms with Gasteiger partial charge < -0.3 is 14.2 Å². The van der Waals surface area contributed by atoms with Gasteiger partial charge in [-0.3, -0.25) is 4.57 Å². The number of aliphatic hydroxyl groups excluding tert-OH is 1. The number of benzene rings is 1. The third-order valence-electron chi connectivity index (χ3n) is 5.16. The normalized spacial score (nSPS) is 22.0. The first kappa shape index (κ1) is 19.6. The molecule has 2 aliphatic carbocycles. The fourth-order valence-corrected chi connectivity index (χ4v) is 6.05. The van der Waals surface area contributed by atoms with E-state index in [9.17, 15) is 9.67 Å². The molecular formula is C19H28BrO4P. The molecule has 6 heteroatoms. The second kappa shape index (κ2) is 9.14. The Bertz CT molecular complexity index is 556. The van der Waals surface area contributed by atoms with Crippen LogP contribution in [0.4, 0.5) is 0 Å². The van der Waals surface area contributed by atoms with Gasteiger partial charge in [0.2, 0.25) is 0 Å². The van der Waals surface area contributed by atoms with Crippen LogP contribution in [0.15, 0.2) is 28.7 Å². The van der Waals surface area contributed by atoms with Crippen LogP contribution in [-0.2, 0) is 13.6 Å². The fraction of sp³-hybridized carbons (Fsp3) is 0.684. The molecule has 1 aromatic carbocycles. The van der Waals surface area contributed by atoms with Crippen molar-refractivity contribution in [3.63, 3.8) is 0 Å². The smallest absolute Gasteiger partial charge is 0.363 e. The average molecular weight is 431 g/mol. The lowest BCUT2D eigenvalue weighted by Gasteiger charge is -2.33. The van der Waals surface area contributed by atoms with E-state index < -0.39 is 13.4 Å². The zero-order valence-corrected chi connectivity index (χ0v) is 17.1. The van der Waals surface area contributed by atoms with Crippen LogP contribution in [0.2, 0.25) is 0 Å². The maximum absolute atomic E-state index is 13.6. The predicted octanol–water partition coefficient (Wildman–Crippen LogP) is 6.33. The minimum Gasteiger partial charge on any atom is -0.376 e. The first-order valence-corrected chi connectivity index (χ1v) is 11.9. The Morgan fingerprint density at radius 1 is 0.880 bits per heavy atom. The summed E-state index contributed by atoms with van der Waals surface area (Å²) >= 11 is 3.39. The number of hydrogen-bond donors (Lipinski definition) is 1. The Balaban J connectivity index is 1.78. The van der Waals surface area contributed by atoms with E-state index in [4.69, 9.17) is 9.05 Å². The summed E-state index contributed by atoms with van der Waals surface area (Å²) in [5, 5.41) is 10.9. The molecule has 0 aromatic heterocycles. The van der Waals surface area contributed by atoms with Crippen molar-refractivity contribution in [2.24, 2.45) is 0 Å². The number of aliphatic hydroxyl groups is 1. The molecule has 1 aromatic rings. The maximum atomic E-state index is 13.6. The second-order valence-electron chi connectivity index (χ2n) is 7.20. The first-order valence-electron chi connectivity index (χ1n) is 9.47. The van der Waals surface area contributed by atoms with E-state index in [0.717, 1.165) is 55.8 Å². The van der Waals surface area contributed by atoms with Gasteiger partial charge in [0.25, 0.3) is 0 Å². The molecule has 2 saturated carbocycles. The molecule has 4 nitrogen and oxygen atoms in total. The molecule has 2 aliphatic rings.